The molecular formula is C50H54ClF3N4O8S3. The number of thioether (sulfide) groups is 1. The lowest BCUT2D eigenvalue weighted by Crippen LogP contribution is -2.42. The number of hydrogen-bond acceptors (Lipinski definition) is 11. The molecule has 0 bridgehead atoms. The number of carbonyl (C=O) groups excluding carboxylic acids is 2. The molecule has 0 aromatic heterocycles. The zero-order valence-corrected chi connectivity index (χ0v) is 41.4. The van der Waals surface area contributed by atoms with Crippen molar-refractivity contribution in [1.29, 1.82) is 0 Å². The predicted molar refractivity (Wildman–Crippen MR) is 263 cm³/mol. The quantitative estimate of drug-likeness (QED) is 0.0856. The fraction of sp³-hybridized carbons (Fsp3) is 0.360. The Morgan fingerprint density at radius 3 is 2.14 bits per heavy atom. The number of sulfone groups is 1. The first-order chi connectivity index (χ1) is 32.6. The summed E-state index contributed by atoms with van der Waals surface area (Å²) in [7, 11) is -11.1. The Kier molecular flexibility index (Phi) is 16.0. The summed E-state index contributed by atoms with van der Waals surface area (Å²) in [5, 5.41) is 15.1. The summed E-state index contributed by atoms with van der Waals surface area (Å²) in [6, 6.07) is 31.5. The van der Waals surface area contributed by atoms with Gasteiger partial charge in [0.2, 0.25) is 0 Å². The summed E-state index contributed by atoms with van der Waals surface area (Å²) >= 11 is 7.47. The van der Waals surface area contributed by atoms with E-state index >= 15 is 0 Å². The Bertz CT molecular complexity index is 2830. The molecule has 0 radical (unpaired) electrons. The lowest BCUT2D eigenvalue weighted by Gasteiger charge is -2.36. The van der Waals surface area contributed by atoms with E-state index in [1.807, 2.05) is 71.5 Å². The maximum Gasteiger partial charge on any atom is 0.501 e. The number of alkyl halides is 3. The molecule has 2 unspecified atom stereocenters. The van der Waals surface area contributed by atoms with E-state index in [-0.39, 0.29) is 23.7 Å². The summed E-state index contributed by atoms with van der Waals surface area (Å²) in [4.78, 5) is 28.8. The molecule has 2 heterocycles. The van der Waals surface area contributed by atoms with Gasteiger partial charge in [-0.05, 0) is 142 Å². The highest BCUT2D eigenvalue weighted by Crippen LogP contribution is 2.39. The van der Waals surface area contributed by atoms with Gasteiger partial charge in [-0.1, -0.05) is 66.2 Å². The summed E-state index contributed by atoms with van der Waals surface area (Å²) in [6.45, 7) is 6.78. The van der Waals surface area contributed by atoms with Gasteiger partial charge in [0, 0.05) is 58.6 Å². The van der Waals surface area contributed by atoms with Gasteiger partial charge >= 0.3 is 11.6 Å². The molecule has 2 aliphatic heterocycles. The predicted octanol–water partition coefficient (Wildman–Crippen LogP) is 10.7. The fourth-order valence-corrected chi connectivity index (χ4v) is 11.8. The number of likely N-dealkylation sites (tertiary alicyclic amines) is 1. The van der Waals surface area contributed by atoms with Gasteiger partial charge in [-0.25, -0.2) is 26.4 Å². The molecule has 12 nitrogen and oxygen atoms in total. The van der Waals surface area contributed by atoms with Crippen LogP contribution >= 0.6 is 23.4 Å². The number of hydrogen-bond donors (Lipinski definition) is 3. The van der Waals surface area contributed by atoms with Crippen LogP contribution in [0.4, 0.5) is 29.3 Å². The number of rotatable bonds is 15. The number of amides is 2. The smallest absolute Gasteiger partial charge is 0.444 e. The Morgan fingerprint density at radius 1 is 0.841 bits per heavy atom. The summed E-state index contributed by atoms with van der Waals surface area (Å²) in [5.41, 5.74) is -3.74. The Hall–Kier alpha value is -5.27. The van der Waals surface area contributed by atoms with E-state index in [0.29, 0.717) is 56.4 Å². The highest BCUT2D eigenvalue weighted by Gasteiger charge is 2.49. The minimum Gasteiger partial charge on any atom is -0.444 e. The number of carbonyl (C=O) groups is 2. The number of sulfonamides is 1. The van der Waals surface area contributed by atoms with E-state index in [4.69, 9.17) is 16.3 Å². The van der Waals surface area contributed by atoms with Gasteiger partial charge in [-0.15, -0.1) is 11.8 Å². The third-order valence-electron chi connectivity index (χ3n) is 12.1. The average molecular weight is 1030 g/mol. The highest BCUT2D eigenvalue weighted by atomic mass is 35.5. The molecule has 5 aromatic rings. The van der Waals surface area contributed by atoms with E-state index in [1.165, 1.54) is 23.9 Å². The Morgan fingerprint density at radius 2 is 1.49 bits per heavy atom. The maximum atomic E-state index is 14.3. The second kappa shape index (κ2) is 21.4. The van der Waals surface area contributed by atoms with Crippen LogP contribution in [0.5, 0.6) is 0 Å². The SMILES string of the molecule is CC(C)(C)OC(=O)N1CCC[C@@H]1CC(CSc1ccccc1)Nc1ccc(S(=O)(=O)NC(=O)c2ccc(N3CCC(C(O)c4ccccc4-c4ccc(Cl)cc4)CC3)cc2)cc1S(=O)(=O)C(F)(F)F. The summed E-state index contributed by atoms with van der Waals surface area (Å²) in [6.07, 6.45) is 1.47. The highest BCUT2D eigenvalue weighted by molar-refractivity contribution is 7.99. The molecule has 0 aliphatic carbocycles. The third-order valence-corrected chi connectivity index (χ3v) is 16.4. The van der Waals surface area contributed by atoms with Crippen molar-refractivity contribution >= 4 is 66.6 Å². The number of anilines is 2. The number of aliphatic hydroxyl groups excluding tert-OH is 1. The van der Waals surface area contributed by atoms with Crippen LogP contribution in [-0.2, 0) is 24.6 Å². The molecule has 368 valence electrons. The molecule has 0 spiro atoms. The Balaban J connectivity index is 1.05. The van der Waals surface area contributed by atoms with Crippen molar-refractivity contribution in [2.45, 2.75) is 96.9 Å². The standard InChI is InChI=1S/C50H54ClF3N4O8S3/c1-49(2,3)66-48(61)58-27-9-10-39(58)30-37(32-67-40-11-5-4-6-12-40)55-44-24-23-41(31-45(44)68(62,63)50(52,53)54)69(64,65)56-47(60)35-17-21-38(22-18-35)57-28-25-34(26-29-57)46(59)43-14-8-7-13-42(43)33-15-19-36(51)20-16-33/h4-8,11-24,31,34,37,39,46,55,59H,9-10,25-30,32H2,1-3H3,(H,56,60)/t37?,39-,46?/m1/s1. The molecular weight excluding hydrogens is 973 g/mol. The van der Waals surface area contributed by atoms with Crippen LogP contribution in [0.2, 0.25) is 5.02 Å². The lowest BCUT2D eigenvalue weighted by molar-refractivity contribution is -0.0436. The average Bonchev–Trinajstić information content (AvgIpc) is 3.78. The van der Waals surface area contributed by atoms with Crippen molar-refractivity contribution in [3.63, 3.8) is 0 Å². The normalized spacial score (nSPS) is 17.0. The minimum absolute atomic E-state index is 0.0322. The van der Waals surface area contributed by atoms with Crippen LogP contribution < -0.4 is 14.9 Å². The first-order valence-electron chi connectivity index (χ1n) is 22.4. The number of aliphatic hydroxyl groups is 1. The van der Waals surface area contributed by atoms with Crippen molar-refractivity contribution < 1.29 is 49.4 Å². The van der Waals surface area contributed by atoms with Crippen LogP contribution in [-0.4, -0.2) is 87.4 Å². The number of nitrogens with zero attached hydrogens (tertiary/aromatic N) is 2. The van der Waals surface area contributed by atoms with Gasteiger partial charge in [0.05, 0.1) is 16.7 Å². The van der Waals surface area contributed by atoms with E-state index in [1.54, 1.807) is 49.9 Å². The molecule has 2 saturated heterocycles. The van der Waals surface area contributed by atoms with Crippen molar-refractivity contribution in [2.24, 2.45) is 5.92 Å². The molecule has 2 fully saturated rings. The zero-order chi connectivity index (χ0) is 49.7. The van der Waals surface area contributed by atoms with Crippen LogP contribution in [0.1, 0.15) is 74.9 Å². The second-order valence-electron chi connectivity index (χ2n) is 18.1. The van der Waals surface area contributed by atoms with Crippen molar-refractivity contribution in [3.05, 3.63) is 137 Å². The number of halogens is 4. The van der Waals surface area contributed by atoms with Gasteiger partial charge < -0.3 is 25.0 Å². The molecule has 69 heavy (non-hydrogen) atoms. The number of benzene rings is 5. The van der Waals surface area contributed by atoms with Crippen molar-refractivity contribution in [3.8, 4) is 11.1 Å². The molecule has 3 atom stereocenters. The van der Waals surface area contributed by atoms with Gasteiger partial charge in [-0.2, -0.15) is 13.2 Å². The van der Waals surface area contributed by atoms with Crippen LogP contribution in [0.15, 0.2) is 136 Å². The summed E-state index contributed by atoms with van der Waals surface area (Å²) < 4.78 is 104. The maximum absolute atomic E-state index is 14.3. The van der Waals surface area contributed by atoms with Gasteiger partial charge in [0.15, 0.2) is 0 Å². The number of ether oxygens (including phenoxy) is 1. The van der Waals surface area contributed by atoms with E-state index < -0.39 is 76.6 Å². The molecule has 2 aliphatic rings. The fourth-order valence-electron chi connectivity index (χ4n) is 8.65. The van der Waals surface area contributed by atoms with Gasteiger partial charge in [0.25, 0.3) is 25.8 Å². The molecule has 19 heteroatoms. The molecule has 3 N–H and O–H groups in total. The topological polar surface area (TPSA) is 162 Å². The minimum atomic E-state index is -6.16. The van der Waals surface area contributed by atoms with Crippen LogP contribution in [0.25, 0.3) is 11.1 Å². The molecule has 5 aromatic carbocycles. The largest absolute Gasteiger partial charge is 0.501 e. The monoisotopic (exact) mass is 1030 g/mol. The third kappa shape index (κ3) is 12.7. The molecule has 2 amide bonds. The first kappa shape index (κ1) is 51.6. The Labute approximate surface area is 410 Å². The second-order valence-corrected chi connectivity index (χ2v) is 23.2. The van der Waals surface area contributed by atoms with Gasteiger partial charge in [-0.3, -0.25) is 4.79 Å². The number of piperidine rings is 1. The van der Waals surface area contributed by atoms with Crippen molar-refractivity contribution in [1.82, 2.24) is 9.62 Å². The van der Waals surface area contributed by atoms with E-state index in [2.05, 4.69) is 10.2 Å². The van der Waals surface area contributed by atoms with Crippen LogP contribution in [0, 0.1) is 5.92 Å². The first-order valence-corrected chi connectivity index (χ1v) is 26.8. The van der Waals surface area contributed by atoms with E-state index in [0.717, 1.165) is 39.4 Å². The van der Waals surface area contributed by atoms with Crippen LogP contribution in [0.3, 0.4) is 0 Å². The lowest BCUT2D eigenvalue weighted by atomic mass is 9.84. The van der Waals surface area contributed by atoms with E-state index in [9.17, 15) is 44.7 Å². The van der Waals surface area contributed by atoms with Crippen molar-refractivity contribution in [2.75, 3.05) is 35.6 Å². The molecule has 7 rings (SSSR count). The number of nitrogens with one attached hydrogen (secondary N) is 2. The zero-order valence-electron chi connectivity index (χ0n) is 38.2. The molecule has 0 saturated carbocycles. The summed E-state index contributed by atoms with van der Waals surface area (Å²) in [5.74, 6) is -0.893. The van der Waals surface area contributed by atoms with Gasteiger partial charge in [0.1, 0.15) is 10.5 Å².